The number of amides is 1. The summed E-state index contributed by atoms with van der Waals surface area (Å²) in [7, 11) is 0. The number of halogens is 1. The molecule has 1 heterocycles. The summed E-state index contributed by atoms with van der Waals surface area (Å²) in [6.07, 6.45) is 0.897. The van der Waals surface area contributed by atoms with Gasteiger partial charge < -0.3 is 5.32 Å². The molecule has 0 saturated heterocycles. The maximum atomic E-state index is 10.6. The molecule has 84 valence electrons. The lowest BCUT2D eigenvalue weighted by atomic mass is 10.4. The molecule has 1 N–H and O–H groups in total. The van der Waals surface area contributed by atoms with Gasteiger partial charge in [0, 0.05) is 25.7 Å². The van der Waals surface area contributed by atoms with Crippen molar-refractivity contribution in [3.05, 3.63) is 15.9 Å². The molecule has 1 rings (SSSR count). The standard InChI is InChI=1S/C10H16BrN3O/c1-7-10(11)8(2)14(13-7)6-4-5-12-9(3)15/h4-6H2,1-3H3,(H,12,15). The van der Waals surface area contributed by atoms with Gasteiger partial charge in [-0.3, -0.25) is 9.48 Å². The van der Waals surface area contributed by atoms with E-state index in [0.29, 0.717) is 6.54 Å². The summed E-state index contributed by atoms with van der Waals surface area (Å²) in [6, 6.07) is 0. The van der Waals surface area contributed by atoms with Crippen LogP contribution in [0.25, 0.3) is 0 Å². The van der Waals surface area contributed by atoms with Crippen molar-refractivity contribution in [1.29, 1.82) is 0 Å². The Balaban J connectivity index is 2.44. The van der Waals surface area contributed by atoms with Gasteiger partial charge in [-0.2, -0.15) is 5.10 Å². The highest BCUT2D eigenvalue weighted by molar-refractivity contribution is 9.10. The average Bonchev–Trinajstić information content (AvgIpc) is 2.41. The first kappa shape index (κ1) is 12.2. The molecule has 0 aliphatic rings. The lowest BCUT2D eigenvalue weighted by Crippen LogP contribution is -2.22. The first-order valence-electron chi connectivity index (χ1n) is 4.96. The second-order valence-electron chi connectivity index (χ2n) is 3.54. The van der Waals surface area contributed by atoms with Crippen molar-refractivity contribution in [2.24, 2.45) is 0 Å². The van der Waals surface area contributed by atoms with Gasteiger partial charge in [0.15, 0.2) is 0 Å². The van der Waals surface area contributed by atoms with Crippen molar-refractivity contribution in [1.82, 2.24) is 15.1 Å². The molecule has 1 aromatic rings. The molecule has 15 heavy (non-hydrogen) atoms. The number of hydrogen-bond acceptors (Lipinski definition) is 2. The van der Waals surface area contributed by atoms with Crippen molar-refractivity contribution in [2.75, 3.05) is 6.54 Å². The van der Waals surface area contributed by atoms with Crippen molar-refractivity contribution in [3.8, 4) is 0 Å². The Bertz CT molecular complexity index is 360. The fourth-order valence-corrected chi connectivity index (χ4v) is 1.67. The summed E-state index contributed by atoms with van der Waals surface area (Å²) in [4.78, 5) is 10.6. The van der Waals surface area contributed by atoms with Gasteiger partial charge in [-0.05, 0) is 36.2 Å². The number of rotatable bonds is 4. The van der Waals surface area contributed by atoms with Gasteiger partial charge in [-0.15, -0.1) is 0 Å². The smallest absolute Gasteiger partial charge is 0.216 e. The molecule has 0 radical (unpaired) electrons. The van der Waals surface area contributed by atoms with Crippen molar-refractivity contribution in [3.63, 3.8) is 0 Å². The van der Waals surface area contributed by atoms with E-state index in [0.717, 1.165) is 28.8 Å². The minimum atomic E-state index is 0.0181. The van der Waals surface area contributed by atoms with Crippen LogP contribution in [0, 0.1) is 13.8 Å². The van der Waals surface area contributed by atoms with Crippen LogP contribution in [-0.4, -0.2) is 22.2 Å². The zero-order chi connectivity index (χ0) is 11.4. The molecule has 0 aliphatic carbocycles. The van der Waals surface area contributed by atoms with E-state index in [4.69, 9.17) is 0 Å². The van der Waals surface area contributed by atoms with E-state index in [1.54, 1.807) is 0 Å². The summed E-state index contributed by atoms with van der Waals surface area (Å²) in [5.41, 5.74) is 2.14. The Hall–Kier alpha value is -0.840. The lowest BCUT2D eigenvalue weighted by Gasteiger charge is -2.04. The molecule has 0 saturated carbocycles. The third-order valence-electron chi connectivity index (χ3n) is 2.21. The predicted molar refractivity (Wildman–Crippen MR) is 62.7 cm³/mol. The van der Waals surface area contributed by atoms with Crippen LogP contribution in [0.4, 0.5) is 0 Å². The van der Waals surface area contributed by atoms with Gasteiger partial charge in [-0.1, -0.05) is 0 Å². The van der Waals surface area contributed by atoms with E-state index >= 15 is 0 Å². The SMILES string of the molecule is CC(=O)NCCCn1nc(C)c(Br)c1C. The topological polar surface area (TPSA) is 46.9 Å². The summed E-state index contributed by atoms with van der Waals surface area (Å²) in [6.45, 7) is 7.06. The Labute approximate surface area is 98.2 Å². The molecule has 0 spiro atoms. The van der Waals surface area contributed by atoms with E-state index in [-0.39, 0.29) is 5.91 Å². The maximum absolute atomic E-state index is 10.6. The highest BCUT2D eigenvalue weighted by atomic mass is 79.9. The van der Waals surface area contributed by atoms with Crippen molar-refractivity contribution >= 4 is 21.8 Å². The van der Waals surface area contributed by atoms with Gasteiger partial charge in [0.05, 0.1) is 10.2 Å². The van der Waals surface area contributed by atoms with Crippen molar-refractivity contribution in [2.45, 2.75) is 33.7 Å². The second-order valence-corrected chi connectivity index (χ2v) is 4.34. The molecule has 5 heteroatoms. The normalized spacial score (nSPS) is 10.4. The Morgan fingerprint density at radius 2 is 2.20 bits per heavy atom. The van der Waals surface area contributed by atoms with Crippen molar-refractivity contribution < 1.29 is 4.79 Å². The third-order valence-corrected chi connectivity index (χ3v) is 3.36. The number of aromatic nitrogens is 2. The molecule has 0 unspecified atom stereocenters. The molecule has 0 fully saturated rings. The Kier molecular flexibility index (Phi) is 4.32. The summed E-state index contributed by atoms with van der Waals surface area (Å²) in [5, 5.41) is 7.15. The van der Waals surface area contributed by atoms with Gasteiger partial charge in [-0.25, -0.2) is 0 Å². The fraction of sp³-hybridized carbons (Fsp3) is 0.600. The largest absolute Gasteiger partial charge is 0.356 e. The van der Waals surface area contributed by atoms with E-state index in [9.17, 15) is 4.79 Å². The second kappa shape index (κ2) is 5.30. The number of nitrogens with zero attached hydrogens (tertiary/aromatic N) is 2. The van der Waals surface area contributed by atoms with E-state index < -0.39 is 0 Å². The zero-order valence-electron chi connectivity index (χ0n) is 9.30. The maximum Gasteiger partial charge on any atom is 0.216 e. The molecule has 0 aliphatic heterocycles. The lowest BCUT2D eigenvalue weighted by molar-refractivity contribution is -0.118. The van der Waals surface area contributed by atoms with Crippen LogP contribution in [0.5, 0.6) is 0 Å². The molecule has 0 bridgehead atoms. The highest BCUT2D eigenvalue weighted by Crippen LogP contribution is 2.19. The number of carbonyl (C=O) groups excluding carboxylic acids is 1. The molecule has 1 amide bonds. The van der Waals surface area contributed by atoms with Crippen LogP contribution in [-0.2, 0) is 11.3 Å². The minimum absolute atomic E-state index is 0.0181. The van der Waals surface area contributed by atoms with Gasteiger partial charge >= 0.3 is 0 Å². The van der Waals surface area contributed by atoms with E-state index in [2.05, 4.69) is 26.3 Å². The van der Waals surface area contributed by atoms with Crippen LogP contribution in [0.15, 0.2) is 4.47 Å². The van der Waals surface area contributed by atoms with Crippen LogP contribution in [0.2, 0.25) is 0 Å². The Morgan fingerprint density at radius 1 is 1.53 bits per heavy atom. The minimum Gasteiger partial charge on any atom is -0.356 e. The number of aryl methyl sites for hydroxylation is 2. The summed E-state index contributed by atoms with van der Waals surface area (Å²) in [5.74, 6) is 0.0181. The molecule has 1 aromatic heterocycles. The predicted octanol–water partition coefficient (Wildman–Crippen LogP) is 1.79. The van der Waals surface area contributed by atoms with Gasteiger partial charge in [0.1, 0.15) is 0 Å². The van der Waals surface area contributed by atoms with Crippen LogP contribution < -0.4 is 5.32 Å². The molecule has 4 nitrogen and oxygen atoms in total. The monoisotopic (exact) mass is 273 g/mol. The van der Waals surface area contributed by atoms with Gasteiger partial charge in [0.25, 0.3) is 0 Å². The number of nitrogens with one attached hydrogen (secondary N) is 1. The highest BCUT2D eigenvalue weighted by Gasteiger charge is 2.07. The van der Waals surface area contributed by atoms with Gasteiger partial charge in [0.2, 0.25) is 5.91 Å². The van der Waals surface area contributed by atoms with Crippen LogP contribution >= 0.6 is 15.9 Å². The summed E-state index contributed by atoms with van der Waals surface area (Å²) >= 11 is 3.48. The molecule has 0 atom stereocenters. The number of hydrogen-bond donors (Lipinski definition) is 1. The first-order valence-corrected chi connectivity index (χ1v) is 5.75. The average molecular weight is 274 g/mol. The molecule has 0 aromatic carbocycles. The molecular formula is C10H16BrN3O. The number of carbonyl (C=O) groups is 1. The van der Waals surface area contributed by atoms with E-state index in [1.807, 2.05) is 18.5 Å². The quantitative estimate of drug-likeness (QED) is 0.851. The molecular weight excluding hydrogens is 258 g/mol. The summed E-state index contributed by atoms with van der Waals surface area (Å²) < 4.78 is 3.03. The fourth-order valence-electron chi connectivity index (χ4n) is 1.39. The van der Waals surface area contributed by atoms with Crippen LogP contribution in [0.1, 0.15) is 24.7 Å². The zero-order valence-corrected chi connectivity index (χ0v) is 10.9. The van der Waals surface area contributed by atoms with Crippen LogP contribution in [0.3, 0.4) is 0 Å². The first-order chi connectivity index (χ1) is 7.02. The Morgan fingerprint density at radius 3 is 2.67 bits per heavy atom. The third kappa shape index (κ3) is 3.34. The van der Waals surface area contributed by atoms with E-state index in [1.165, 1.54) is 6.92 Å².